The third-order valence-electron chi connectivity index (χ3n) is 9.62. The number of rotatable bonds is 16. The first-order valence-corrected chi connectivity index (χ1v) is 21.2. The maximum absolute atomic E-state index is 11.9. The number of carbonyl (C=O) groups is 1. The van der Waals surface area contributed by atoms with E-state index in [4.69, 9.17) is 8.85 Å². The Balaban J connectivity index is 6.18. The minimum atomic E-state index is -2.08. The molecule has 0 heterocycles. The molecular weight excluding hydrogens is 529 g/mol. The lowest BCUT2D eigenvalue weighted by Gasteiger charge is -2.44. The molecule has 4 nitrogen and oxygen atoms in total. The van der Waals surface area contributed by atoms with Gasteiger partial charge in [-0.25, -0.2) is 0 Å². The number of hydrogen-bond donors (Lipinski definition) is 1. The zero-order chi connectivity index (χ0) is 31.9. The van der Waals surface area contributed by atoms with Crippen LogP contribution in [0.2, 0.25) is 36.3 Å². The van der Waals surface area contributed by atoms with Crippen molar-refractivity contribution in [2.45, 2.75) is 144 Å². The van der Waals surface area contributed by atoms with Gasteiger partial charge >= 0.3 is 0 Å². The molecule has 0 aromatic rings. The molecule has 0 radical (unpaired) electrons. The SMILES string of the molecule is C=C/C=C\C(C)C(O)C(C)C(O[Si](C)(C)C(C)(C)C)[C@@H](C)CC(C)=CC(C)C(O[Si](C)(C)C(C)(C)C)C(C)C=O. The minimum Gasteiger partial charge on any atom is -0.413 e. The van der Waals surface area contributed by atoms with Crippen LogP contribution in [0.1, 0.15) is 89.5 Å². The van der Waals surface area contributed by atoms with Crippen molar-refractivity contribution in [1.82, 2.24) is 0 Å². The average molecular weight is 595 g/mol. The second-order valence-corrected chi connectivity index (χ2v) is 25.1. The van der Waals surface area contributed by atoms with E-state index in [2.05, 4.69) is 115 Å². The first kappa shape index (κ1) is 39.2. The summed E-state index contributed by atoms with van der Waals surface area (Å²) >= 11 is 0. The predicted molar refractivity (Wildman–Crippen MR) is 180 cm³/mol. The van der Waals surface area contributed by atoms with Gasteiger partial charge in [0, 0.05) is 17.8 Å². The summed E-state index contributed by atoms with van der Waals surface area (Å²) in [6, 6.07) is 0. The van der Waals surface area contributed by atoms with E-state index in [9.17, 15) is 9.90 Å². The van der Waals surface area contributed by atoms with Crippen molar-refractivity contribution >= 4 is 22.9 Å². The number of aliphatic hydroxyl groups excluding tert-OH is 1. The molecule has 0 rings (SSSR count). The zero-order valence-electron chi connectivity index (χ0n) is 29.1. The Morgan fingerprint density at radius 1 is 0.825 bits per heavy atom. The van der Waals surface area contributed by atoms with Crippen LogP contribution < -0.4 is 0 Å². The largest absolute Gasteiger partial charge is 0.413 e. The summed E-state index contributed by atoms with van der Waals surface area (Å²) in [5, 5.41) is 11.5. The lowest BCUT2D eigenvalue weighted by Crippen LogP contribution is -2.49. The molecule has 0 aliphatic rings. The second-order valence-electron chi connectivity index (χ2n) is 15.6. The molecule has 0 fully saturated rings. The van der Waals surface area contributed by atoms with Gasteiger partial charge in [-0.2, -0.15) is 0 Å². The number of aliphatic hydroxyl groups is 1. The maximum atomic E-state index is 11.9. The monoisotopic (exact) mass is 594 g/mol. The van der Waals surface area contributed by atoms with E-state index in [1.165, 1.54) is 5.57 Å². The number of hydrogen-bond acceptors (Lipinski definition) is 4. The van der Waals surface area contributed by atoms with Gasteiger partial charge in [0.25, 0.3) is 0 Å². The van der Waals surface area contributed by atoms with Crippen LogP contribution in [0.3, 0.4) is 0 Å². The van der Waals surface area contributed by atoms with E-state index in [0.29, 0.717) is 0 Å². The highest BCUT2D eigenvalue weighted by Crippen LogP contribution is 2.42. The molecule has 0 saturated heterocycles. The normalized spacial score (nSPS) is 20.4. The highest BCUT2D eigenvalue weighted by Gasteiger charge is 2.43. The van der Waals surface area contributed by atoms with Gasteiger partial charge in [-0.15, -0.1) is 0 Å². The zero-order valence-corrected chi connectivity index (χ0v) is 31.1. The Morgan fingerprint density at radius 2 is 1.27 bits per heavy atom. The molecule has 6 heteroatoms. The molecule has 0 amide bonds. The van der Waals surface area contributed by atoms with E-state index in [-0.39, 0.29) is 51.9 Å². The van der Waals surface area contributed by atoms with E-state index >= 15 is 0 Å². The molecule has 0 aliphatic carbocycles. The van der Waals surface area contributed by atoms with Crippen molar-refractivity contribution in [3.8, 4) is 0 Å². The van der Waals surface area contributed by atoms with E-state index < -0.39 is 22.7 Å². The van der Waals surface area contributed by atoms with Gasteiger partial charge in [-0.05, 0) is 61.4 Å². The minimum absolute atomic E-state index is 0.000417. The quantitative estimate of drug-likeness (QED) is 0.0836. The lowest BCUT2D eigenvalue weighted by atomic mass is 9.81. The Hall–Kier alpha value is -0.796. The molecule has 0 bridgehead atoms. The van der Waals surface area contributed by atoms with Gasteiger partial charge in [0.05, 0.1) is 18.3 Å². The number of aldehydes is 1. The number of carbonyl (C=O) groups excluding carboxylic acids is 1. The van der Waals surface area contributed by atoms with Gasteiger partial charge in [-0.3, -0.25) is 0 Å². The lowest BCUT2D eigenvalue weighted by molar-refractivity contribution is -0.113. The number of allylic oxidation sites excluding steroid dienone is 3. The van der Waals surface area contributed by atoms with Gasteiger partial charge in [0.1, 0.15) is 6.29 Å². The van der Waals surface area contributed by atoms with Crippen LogP contribution in [-0.4, -0.2) is 46.3 Å². The van der Waals surface area contributed by atoms with Crippen LogP contribution in [0.4, 0.5) is 0 Å². The van der Waals surface area contributed by atoms with Gasteiger partial charge < -0.3 is 18.8 Å². The second kappa shape index (κ2) is 15.6. The van der Waals surface area contributed by atoms with Crippen molar-refractivity contribution in [2.24, 2.45) is 29.6 Å². The molecule has 8 atom stereocenters. The Kier molecular flexibility index (Phi) is 15.3. The maximum Gasteiger partial charge on any atom is 0.192 e. The molecule has 0 aromatic carbocycles. The summed E-state index contributed by atoms with van der Waals surface area (Å²) in [5.74, 6) is 0.0963. The van der Waals surface area contributed by atoms with Crippen molar-refractivity contribution in [3.05, 3.63) is 36.5 Å². The Labute approximate surface area is 251 Å². The highest BCUT2D eigenvalue weighted by molar-refractivity contribution is 6.74. The summed E-state index contributed by atoms with van der Waals surface area (Å²) in [4.78, 5) is 11.9. The fourth-order valence-corrected chi connectivity index (χ4v) is 7.77. The van der Waals surface area contributed by atoms with Crippen molar-refractivity contribution < 1.29 is 18.8 Å². The third-order valence-corrected chi connectivity index (χ3v) is 18.6. The molecule has 234 valence electrons. The highest BCUT2D eigenvalue weighted by atomic mass is 28.4. The molecule has 1 N–H and O–H groups in total. The van der Waals surface area contributed by atoms with Gasteiger partial charge in [0.2, 0.25) is 0 Å². The smallest absolute Gasteiger partial charge is 0.192 e. The summed E-state index contributed by atoms with van der Waals surface area (Å²) in [5.41, 5.74) is 1.27. The molecule has 40 heavy (non-hydrogen) atoms. The van der Waals surface area contributed by atoms with Crippen molar-refractivity contribution in [2.75, 3.05) is 0 Å². The molecule has 0 spiro atoms. The Morgan fingerprint density at radius 3 is 1.68 bits per heavy atom. The van der Waals surface area contributed by atoms with Crippen LogP contribution in [0.25, 0.3) is 0 Å². The molecule has 0 saturated carbocycles. The standard InChI is InChI=1S/C34H66O4Si2/c1-18-19-20-25(3)30(36)29(7)32(38-40(16,17)34(11,12)13)27(5)22-24(2)21-26(4)31(28(6)23-35)37-39(14,15)33(8,9)10/h18-21,23,25-32,36H,1,22H2,2-17H3/b20-19-,24-21?/t25?,26?,27-,28?,29?,30?,31?,32?/m0/s1. The van der Waals surface area contributed by atoms with Crippen LogP contribution >= 0.6 is 0 Å². The first-order valence-electron chi connectivity index (χ1n) is 15.4. The molecular formula is C34H66O4Si2. The van der Waals surface area contributed by atoms with E-state index in [1.54, 1.807) is 6.08 Å². The first-order chi connectivity index (χ1) is 17.9. The Bertz CT molecular complexity index is 847. The van der Waals surface area contributed by atoms with E-state index in [1.807, 2.05) is 19.1 Å². The summed E-state index contributed by atoms with van der Waals surface area (Å²) in [6.45, 7) is 39.1. The van der Waals surface area contributed by atoms with Crippen LogP contribution in [0, 0.1) is 29.6 Å². The fraction of sp³-hybridized carbons (Fsp3) is 0.794. The fourth-order valence-electron chi connectivity index (χ4n) is 4.82. The third kappa shape index (κ3) is 11.5. The summed E-state index contributed by atoms with van der Waals surface area (Å²) in [6.07, 6.45) is 9.12. The molecule has 0 aliphatic heterocycles. The summed E-state index contributed by atoms with van der Waals surface area (Å²) in [7, 11) is -4.13. The average Bonchev–Trinajstić information content (AvgIpc) is 2.81. The van der Waals surface area contributed by atoms with Crippen LogP contribution in [0.5, 0.6) is 0 Å². The van der Waals surface area contributed by atoms with Gasteiger partial charge in [0.15, 0.2) is 16.6 Å². The molecule has 0 aromatic heterocycles. The van der Waals surface area contributed by atoms with Crippen LogP contribution in [-0.2, 0) is 13.6 Å². The predicted octanol–water partition coefficient (Wildman–Crippen LogP) is 9.59. The van der Waals surface area contributed by atoms with E-state index in [0.717, 1.165) is 12.7 Å². The summed E-state index contributed by atoms with van der Waals surface area (Å²) < 4.78 is 13.9. The van der Waals surface area contributed by atoms with Crippen molar-refractivity contribution in [1.29, 1.82) is 0 Å². The topological polar surface area (TPSA) is 55.8 Å². The van der Waals surface area contributed by atoms with Crippen molar-refractivity contribution in [3.63, 3.8) is 0 Å². The van der Waals surface area contributed by atoms with Gasteiger partial charge in [-0.1, -0.05) is 113 Å². The van der Waals surface area contributed by atoms with Crippen LogP contribution in [0.15, 0.2) is 36.5 Å². The molecule has 7 unspecified atom stereocenters.